The molecule has 0 bridgehead atoms. The van der Waals surface area contributed by atoms with Crippen molar-refractivity contribution in [3.63, 3.8) is 0 Å². The van der Waals surface area contributed by atoms with Gasteiger partial charge in [0.1, 0.15) is 6.54 Å². The zero-order valence-electron chi connectivity index (χ0n) is 12.5. The lowest BCUT2D eigenvalue weighted by Gasteiger charge is -2.19. The molecule has 0 spiro atoms. The average molecular weight is 294 g/mol. The fourth-order valence-corrected chi connectivity index (χ4v) is 1.98. The number of rotatable bonds is 8. The average Bonchev–Trinajstić information content (AvgIpc) is 2.72. The first-order valence-corrected chi connectivity index (χ1v) is 6.80. The minimum Gasteiger partial charge on any atom is -0.480 e. The van der Waals surface area contributed by atoms with Crippen LogP contribution in [-0.2, 0) is 11.3 Å². The van der Waals surface area contributed by atoms with E-state index in [9.17, 15) is 9.59 Å². The highest BCUT2D eigenvalue weighted by molar-refractivity contribution is 5.80. The summed E-state index contributed by atoms with van der Waals surface area (Å²) in [5, 5.41) is 15.8. The molecule has 1 aromatic rings. The number of carboxylic acid groups (broad SMARTS) is 1. The largest absolute Gasteiger partial charge is 0.480 e. The van der Waals surface area contributed by atoms with Crippen LogP contribution in [0, 0.1) is 13.8 Å². The van der Waals surface area contributed by atoms with Crippen LogP contribution in [0.1, 0.15) is 17.8 Å². The molecule has 2 N–H and O–H groups in total. The molecule has 0 atom stereocenters. The molecule has 0 aliphatic heterocycles. The number of hydrogen-bond donors (Lipinski definition) is 2. The molecule has 7 heteroatoms. The molecule has 0 aliphatic carbocycles. The van der Waals surface area contributed by atoms with Gasteiger partial charge in [-0.05, 0) is 26.3 Å². The van der Waals surface area contributed by atoms with Gasteiger partial charge in [-0.2, -0.15) is 5.10 Å². The summed E-state index contributed by atoms with van der Waals surface area (Å²) in [7, 11) is 0. The Hall–Kier alpha value is -2.31. The Labute approximate surface area is 124 Å². The summed E-state index contributed by atoms with van der Waals surface area (Å²) in [6.07, 6.45) is 2.22. The minimum atomic E-state index is -1.05. The summed E-state index contributed by atoms with van der Waals surface area (Å²) in [4.78, 5) is 23.7. The van der Waals surface area contributed by atoms with Gasteiger partial charge in [-0.3, -0.25) is 9.48 Å². The molecule has 2 amide bonds. The molecule has 21 heavy (non-hydrogen) atoms. The van der Waals surface area contributed by atoms with Crippen LogP contribution in [0.5, 0.6) is 0 Å². The first-order chi connectivity index (χ1) is 9.93. The third kappa shape index (κ3) is 5.68. The second-order valence-electron chi connectivity index (χ2n) is 4.80. The van der Waals surface area contributed by atoms with E-state index < -0.39 is 12.0 Å². The molecule has 1 rings (SSSR count). The predicted octanol–water partition coefficient (Wildman–Crippen LogP) is 1.17. The lowest BCUT2D eigenvalue weighted by atomic mass is 10.4. The van der Waals surface area contributed by atoms with Crippen molar-refractivity contribution in [3.05, 3.63) is 30.1 Å². The number of amides is 2. The van der Waals surface area contributed by atoms with E-state index in [4.69, 9.17) is 5.11 Å². The predicted molar refractivity (Wildman–Crippen MR) is 79.1 cm³/mol. The normalized spacial score (nSPS) is 10.2. The Morgan fingerprint density at radius 3 is 2.76 bits per heavy atom. The highest BCUT2D eigenvalue weighted by Gasteiger charge is 2.14. The van der Waals surface area contributed by atoms with Crippen LogP contribution in [0.2, 0.25) is 0 Å². The van der Waals surface area contributed by atoms with Crippen molar-refractivity contribution in [2.45, 2.75) is 26.8 Å². The van der Waals surface area contributed by atoms with Crippen LogP contribution in [0.4, 0.5) is 4.79 Å². The van der Waals surface area contributed by atoms with Gasteiger partial charge >= 0.3 is 12.0 Å². The van der Waals surface area contributed by atoms with Crippen LogP contribution in [0.3, 0.4) is 0 Å². The summed E-state index contributed by atoms with van der Waals surface area (Å²) < 4.78 is 1.89. The molecule has 0 saturated heterocycles. The maximum Gasteiger partial charge on any atom is 0.323 e. The maximum atomic E-state index is 11.8. The summed E-state index contributed by atoms with van der Waals surface area (Å²) in [6.45, 7) is 8.47. The Balaban J connectivity index is 2.36. The third-order valence-corrected chi connectivity index (χ3v) is 2.89. The van der Waals surface area contributed by atoms with Crippen molar-refractivity contribution in [1.29, 1.82) is 0 Å². The van der Waals surface area contributed by atoms with Gasteiger partial charge in [0.15, 0.2) is 0 Å². The summed E-state index contributed by atoms with van der Waals surface area (Å²) in [5.74, 6) is -1.05. The standard InChI is InChI=1S/C14H22N4O3/c1-4-7-17(10-13(19)20)14(21)15-6-5-8-18-12(3)9-11(2)16-18/h4,9H,1,5-8,10H2,2-3H3,(H,15,21)(H,19,20). The molecular weight excluding hydrogens is 272 g/mol. The zero-order chi connectivity index (χ0) is 15.8. The van der Waals surface area contributed by atoms with Crippen LogP contribution in [0.25, 0.3) is 0 Å². The lowest BCUT2D eigenvalue weighted by Crippen LogP contribution is -2.43. The highest BCUT2D eigenvalue weighted by atomic mass is 16.4. The number of carbonyl (C=O) groups excluding carboxylic acids is 1. The Morgan fingerprint density at radius 1 is 1.52 bits per heavy atom. The molecule has 0 saturated carbocycles. The molecular formula is C14H22N4O3. The van der Waals surface area contributed by atoms with Crippen LogP contribution >= 0.6 is 0 Å². The van der Waals surface area contributed by atoms with Gasteiger partial charge < -0.3 is 15.3 Å². The molecule has 0 unspecified atom stereocenters. The van der Waals surface area contributed by atoms with Crippen molar-refractivity contribution in [1.82, 2.24) is 20.0 Å². The number of urea groups is 1. The number of carboxylic acids is 1. The van der Waals surface area contributed by atoms with Gasteiger partial charge in [0.25, 0.3) is 0 Å². The second-order valence-corrected chi connectivity index (χ2v) is 4.80. The number of nitrogens with zero attached hydrogens (tertiary/aromatic N) is 3. The van der Waals surface area contributed by atoms with Gasteiger partial charge in [-0.25, -0.2) is 4.79 Å². The van der Waals surface area contributed by atoms with Gasteiger partial charge in [0.05, 0.1) is 5.69 Å². The van der Waals surface area contributed by atoms with Gasteiger partial charge in [-0.1, -0.05) is 6.08 Å². The minimum absolute atomic E-state index is 0.204. The van der Waals surface area contributed by atoms with Crippen LogP contribution in [-0.4, -0.2) is 51.4 Å². The van der Waals surface area contributed by atoms with E-state index in [0.29, 0.717) is 13.1 Å². The van der Waals surface area contributed by atoms with Crippen LogP contribution < -0.4 is 5.32 Å². The van der Waals surface area contributed by atoms with Gasteiger partial charge in [-0.15, -0.1) is 6.58 Å². The van der Waals surface area contributed by atoms with E-state index in [1.54, 1.807) is 0 Å². The molecule has 7 nitrogen and oxygen atoms in total. The van der Waals surface area contributed by atoms with Crippen molar-refractivity contribution in [2.75, 3.05) is 19.6 Å². The number of nitrogens with one attached hydrogen (secondary N) is 1. The molecule has 116 valence electrons. The van der Waals surface area contributed by atoms with E-state index >= 15 is 0 Å². The SMILES string of the molecule is C=CCN(CC(=O)O)C(=O)NCCCn1nc(C)cc1C. The van der Waals surface area contributed by atoms with Crippen molar-refractivity contribution < 1.29 is 14.7 Å². The van der Waals surface area contributed by atoms with Crippen molar-refractivity contribution in [3.8, 4) is 0 Å². The van der Waals surface area contributed by atoms with Gasteiger partial charge in [0.2, 0.25) is 0 Å². The van der Waals surface area contributed by atoms with E-state index in [1.165, 1.54) is 11.0 Å². The van der Waals surface area contributed by atoms with E-state index in [2.05, 4.69) is 17.0 Å². The molecule has 1 aromatic heterocycles. The molecule has 0 aliphatic rings. The Bertz CT molecular complexity index is 510. The second kappa shape index (κ2) is 8.08. The Kier molecular flexibility index (Phi) is 6.45. The first kappa shape index (κ1) is 16.7. The summed E-state index contributed by atoms with van der Waals surface area (Å²) in [6, 6.07) is 1.60. The monoisotopic (exact) mass is 294 g/mol. The number of aryl methyl sites for hydroxylation is 3. The summed E-state index contributed by atoms with van der Waals surface area (Å²) >= 11 is 0. The molecule has 0 aromatic carbocycles. The van der Waals surface area contributed by atoms with Crippen LogP contribution in [0.15, 0.2) is 18.7 Å². The lowest BCUT2D eigenvalue weighted by molar-refractivity contribution is -0.137. The van der Waals surface area contributed by atoms with E-state index in [0.717, 1.165) is 17.8 Å². The number of aliphatic carboxylic acids is 1. The van der Waals surface area contributed by atoms with Gasteiger partial charge in [0, 0.05) is 25.3 Å². The smallest absolute Gasteiger partial charge is 0.323 e. The molecule has 0 fully saturated rings. The number of carbonyl (C=O) groups is 2. The maximum absolute atomic E-state index is 11.8. The summed E-state index contributed by atoms with van der Waals surface area (Å²) in [5.41, 5.74) is 2.05. The molecule has 0 radical (unpaired) electrons. The molecule has 1 heterocycles. The third-order valence-electron chi connectivity index (χ3n) is 2.89. The Morgan fingerprint density at radius 2 is 2.24 bits per heavy atom. The highest BCUT2D eigenvalue weighted by Crippen LogP contribution is 2.02. The topological polar surface area (TPSA) is 87.5 Å². The fraction of sp³-hybridized carbons (Fsp3) is 0.500. The fourth-order valence-electron chi connectivity index (χ4n) is 1.98. The quantitative estimate of drug-likeness (QED) is 0.556. The van der Waals surface area contributed by atoms with E-state index in [-0.39, 0.29) is 13.1 Å². The van der Waals surface area contributed by atoms with E-state index in [1.807, 2.05) is 24.6 Å². The van der Waals surface area contributed by atoms with Crippen molar-refractivity contribution >= 4 is 12.0 Å². The first-order valence-electron chi connectivity index (χ1n) is 6.80. The number of hydrogen-bond acceptors (Lipinski definition) is 3. The zero-order valence-corrected chi connectivity index (χ0v) is 12.5. The van der Waals surface area contributed by atoms with Crippen molar-refractivity contribution in [2.24, 2.45) is 0 Å². The number of aromatic nitrogens is 2.